The molecule has 290 valence electrons. The fraction of sp³-hybridized carbons (Fsp3) is 0.292. The molecule has 0 saturated heterocycles. The summed E-state index contributed by atoms with van der Waals surface area (Å²) in [5.41, 5.74) is 3.61. The molecule has 0 aromatic heterocycles. The van der Waals surface area contributed by atoms with Crippen LogP contribution in [0.15, 0.2) is 119 Å². The standard InChI is InChI=1S/C48H50O8/c1-33(49)55-47(39(29-35-13-21-43(51-3)22-14-35)9-7-10-40(47)30-36-15-23-44(52-4)24-16-36)48(56-34(2)50)41(31-37-17-25-45(53-5)26-18-37)11-8-12-42(48)32-38-19-27-46(54-6)28-20-38/h13-32H,7-12H2,1-6H3/b39-29+,40-30+,41-31+,42-32+. The lowest BCUT2D eigenvalue weighted by Crippen LogP contribution is -2.64. The quantitative estimate of drug-likeness (QED) is 0.140. The predicted octanol–water partition coefficient (Wildman–Crippen LogP) is 10.3. The monoisotopic (exact) mass is 754 g/mol. The lowest BCUT2D eigenvalue weighted by Gasteiger charge is -2.56. The van der Waals surface area contributed by atoms with Crippen molar-refractivity contribution in [3.63, 3.8) is 0 Å². The first-order valence-corrected chi connectivity index (χ1v) is 18.9. The van der Waals surface area contributed by atoms with Crippen molar-refractivity contribution in [3.8, 4) is 23.0 Å². The van der Waals surface area contributed by atoms with Crippen molar-refractivity contribution in [2.45, 2.75) is 63.6 Å². The first kappa shape index (κ1) is 39.7. The van der Waals surface area contributed by atoms with Crippen molar-refractivity contribution in [2.24, 2.45) is 0 Å². The van der Waals surface area contributed by atoms with Crippen molar-refractivity contribution >= 4 is 36.2 Å². The van der Waals surface area contributed by atoms with Gasteiger partial charge in [-0.1, -0.05) is 72.8 Å². The number of ether oxygens (including phenoxy) is 6. The second-order valence-electron chi connectivity index (χ2n) is 14.0. The van der Waals surface area contributed by atoms with Gasteiger partial charge in [-0.05, 0) is 132 Å². The molecule has 2 fully saturated rings. The highest BCUT2D eigenvalue weighted by Gasteiger charge is 2.66. The third-order valence-corrected chi connectivity index (χ3v) is 10.5. The molecular weight excluding hydrogens is 705 g/mol. The highest BCUT2D eigenvalue weighted by molar-refractivity contribution is 5.80. The van der Waals surface area contributed by atoms with E-state index >= 15 is 0 Å². The second-order valence-corrected chi connectivity index (χ2v) is 14.0. The summed E-state index contributed by atoms with van der Waals surface area (Å²) < 4.78 is 35.9. The molecular formula is C48H50O8. The molecule has 4 aromatic carbocycles. The molecule has 0 bridgehead atoms. The first-order chi connectivity index (χ1) is 27.1. The van der Waals surface area contributed by atoms with Crippen molar-refractivity contribution < 1.29 is 38.0 Å². The molecule has 0 radical (unpaired) electrons. The van der Waals surface area contributed by atoms with E-state index in [1.54, 1.807) is 28.4 Å². The van der Waals surface area contributed by atoms with E-state index in [-0.39, 0.29) is 0 Å². The molecule has 0 N–H and O–H groups in total. The number of carbonyl (C=O) groups is 2. The highest BCUT2D eigenvalue weighted by Crippen LogP contribution is 2.59. The molecule has 0 atom stereocenters. The number of hydrogen-bond donors (Lipinski definition) is 0. The summed E-state index contributed by atoms with van der Waals surface area (Å²) in [7, 11) is 6.54. The number of esters is 2. The third kappa shape index (κ3) is 8.30. The molecule has 2 saturated carbocycles. The van der Waals surface area contributed by atoms with Gasteiger partial charge in [0.1, 0.15) is 23.0 Å². The van der Waals surface area contributed by atoms with Crippen LogP contribution in [-0.4, -0.2) is 51.6 Å². The summed E-state index contributed by atoms with van der Waals surface area (Å²) in [4.78, 5) is 27.8. The number of benzene rings is 4. The summed E-state index contributed by atoms with van der Waals surface area (Å²) >= 11 is 0. The summed E-state index contributed by atoms with van der Waals surface area (Å²) in [6.45, 7) is 2.85. The van der Waals surface area contributed by atoms with Gasteiger partial charge in [0.2, 0.25) is 11.2 Å². The van der Waals surface area contributed by atoms with Crippen molar-refractivity contribution in [3.05, 3.63) is 142 Å². The van der Waals surface area contributed by atoms with Gasteiger partial charge in [-0.15, -0.1) is 0 Å². The number of methoxy groups -OCH3 is 4. The zero-order valence-corrected chi connectivity index (χ0v) is 33.1. The van der Waals surface area contributed by atoms with Gasteiger partial charge < -0.3 is 28.4 Å². The van der Waals surface area contributed by atoms with Gasteiger partial charge in [-0.3, -0.25) is 9.59 Å². The van der Waals surface area contributed by atoms with E-state index in [2.05, 4.69) is 24.3 Å². The highest BCUT2D eigenvalue weighted by atomic mass is 16.6. The van der Waals surface area contributed by atoms with Gasteiger partial charge in [-0.25, -0.2) is 0 Å². The maximum atomic E-state index is 13.9. The van der Waals surface area contributed by atoms with Crippen LogP contribution < -0.4 is 18.9 Å². The van der Waals surface area contributed by atoms with Crippen LogP contribution in [0.1, 0.15) is 74.6 Å². The van der Waals surface area contributed by atoms with Crippen LogP contribution in [0.4, 0.5) is 0 Å². The molecule has 0 amide bonds. The average Bonchev–Trinajstić information content (AvgIpc) is 3.21. The smallest absolute Gasteiger partial charge is 0.304 e. The van der Waals surface area contributed by atoms with E-state index in [0.29, 0.717) is 25.7 Å². The molecule has 0 aliphatic heterocycles. The summed E-state index contributed by atoms with van der Waals surface area (Å²) in [5.74, 6) is 1.89. The number of carbonyl (C=O) groups excluding carboxylic acids is 2. The van der Waals surface area contributed by atoms with E-state index in [4.69, 9.17) is 28.4 Å². The van der Waals surface area contributed by atoms with Crippen LogP contribution in [0.3, 0.4) is 0 Å². The fourth-order valence-corrected chi connectivity index (χ4v) is 8.10. The van der Waals surface area contributed by atoms with Crippen LogP contribution in [0.5, 0.6) is 23.0 Å². The molecule has 2 aliphatic rings. The van der Waals surface area contributed by atoms with Gasteiger partial charge in [0.25, 0.3) is 0 Å². The molecule has 56 heavy (non-hydrogen) atoms. The molecule has 0 spiro atoms. The van der Waals surface area contributed by atoms with E-state index in [1.165, 1.54) is 13.8 Å². The minimum atomic E-state index is -1.60. The SMILES string of the molecule is COc1ccc(/C=C2\CCC/C(=C\c3ccc(OC)cc3)C2(OC(C)=O)C2(OC(C)=O)/C(=C/c3ccc(OC)cc3)CCC/C2=C\c2ccc(OC)cc2)cc1. The molecule has 8 nitrogen and oxygen atoms in total. The Morgan fingerprint density at radius 3 is 0.804 bits per heavy atom. The Hall–Kier alpha value is -6.02. The third-order valence-electron chi connectivity index (χ3n) is 10.5. The van der Waals surface area contributed by atoms with Gasteiger partial charge in [0.05, 0.1) is 28.4 Å². The molecule has 0 heterocycles. The zero-order chi connectivity index (χ0) is 39.7. The minimum absolute atomic E-state index is 0.502. The first-order valence-electron chi connectivity index (χ1n) is 18.9. The number of hydrogen-bond acceptors (Lipinski definition) is 8. The predicted molar refractivity (Wildman–Crippen MR) is 221 cm³/mol. The lowest BCUT2D eigenvalue weighted by molar-refractivity contribution is -0.184. The molecule has 8 heteroatoms. The summed E-state index contributed by atoms with van der Waals surface area (Å²) in [5, 5.41) is 0. The topological polar surface area (TPSA) is 89.5 Å². The van der Waals surface area contributed by atoms with Crippen LogP contribution >= 0.6 is 0 Å². The Balaban J connectivity index is 1.76. The van der Waals surface area contributed by atoms with E-state index in [1.807, 2.05) is 97.1 Å². The Bertz CT molecular complexity index is 1830. The Morgan fingerprint density at radius 1 is 0.411 bits per heavy atom. The van der Waals surface area contributed by atoms with Crippen LogP contribution in [0, 0.1) is 0 Å². The van der Waals surface area contributed by atoms with Crippen molar-refractivity contribution in [2.75, 3.05) is 28.4 Å². The van der Waals surface area contributed by atoms with Gasteiger partial charge >= 0.3 is 11.9 Å². The zero-order valence-electron chi connectivity index (χ0n) is 33.1. The number of rotatable bonds is 11. The minimum Gasteiger partial charge on any atom is -0.497 e. The van der Waals surface area contributed by atoms with Crippen LogP contribution in [0.2, 0.25) is 0 Å². The van der Waals surface area contributed by atoms with Crippen LogP contribution in [-0.2, 0) is 19.1 Å². The molecule has 4 aromatic rings. The lowest BCUT2D eigenvalue weighted by atomic mass is 9.57. The fourth-order valence-electron chi connectivity index (χ4n) is 8.10. The van der Waals surface area contributed by atoms with Crippen molar-refractivity contribution in [1.82, 2.24) is 0 Å². The van der Waals surface area contributed by atoms with E-state index in [0.717, 1.165) is 80.4 Å². The van der Waals surface area contributed by atoms with E-state index < -0.39 is 23.1 Å². The van der Waals surface area contributed by atoms with Gasteiger partial charge in [-0.2, -0.15) is 0 Å². The second kappa shape index (κ2) is 17.6. The molecule has 6 rings (SSSR count). The largest absolute Gasteiger partial charge is 0.497 e. The van der Waals surface area contributed by atoms with Crippen LogP contribution in [0.25, 0.3) is 24.3 Å². The summed E-state index contributed by atoms with van der Waals surface area (Å²) in [6, 6.07) is 31.1. The molecule has 0 unspecified atom stereocenters. The maximum absolute atomic E-state index is 13.9. The Morgan fingerprint density at radius 2 is 0.625 bits per heavy atom. The average molecular weight is 755 g/mol. The molecule has 2 aliphatic carbocycles. The summed E-state index contributed by atoms with van der Waals surface area (Å²) in [6.07, 6.45) is 12.2. The van der Waals surface area contributed by atoms with Crippen molar-refractivity contribution in [1.29, 1.82) is 0 Å². The normalized spacial score (nSPS) is 20.8. The van der Waals surface area contributed by atoms with Gasteiger partial charge in [0, 0.05) is 13.8 Å². The Labute approximate surface area is 330 Å². The Kier molecular flexibility index (Phi) is 12.5. The van der Waals surface area contributed by atoms with Gasteiger partial charge in [0.15, 0.2) is 0 Å². The maximum Gasteiger partial charge on any atom is 0.304 e. The van der Waals surface area contributed by atoms with E-state index in [9.17, 15) is 9.59 Å².